The maximum atomic E-state index is 13.2. The molecule has 368 valence electrons. The highest BCUT2D eigenvalue weighted by molar-refractivity contribution is 5.82. The number of carboxylic acids is 1. The highest BCUT2D eigenvalue weighted by Crippen LogP contribution is 2.70. The van der Waals surface area contributed by atoms with Gasteiger partial charge in [-0.25, -0.2) is 0 Å². The summed E-state index contributed by atoms with van der Waals surface area (Å²) in [5.74, 6) is 0.120. The normalized spacial score (nSPS) is 48.5. The summed E-state index contributed by atoms with van der Waals surface area (Å²) in [4.78, 5) is 49.6. The number of nitrogens with one attached hydrogen (secondary N) is 2. The smallest absolute Gasteiger partial charge is 0.325 e. The van der Waals surface area contributed by atoms with Crippen LogP contribution in [-0.2, 0) is 23.9 Å². The quantitative estimate of drug-likeness (QED) is 0.106. The van der Waals surface area contributed by atoms with Crippen molar-refractivity contribution in [2.45, 2.75) is 194 Å². The van der Waals surface area contributed by atoms with Crippen molar-refractivity contribution in [2.75, 3.05) is 13.1 Å². The number of carbonyl (C=O) groups excluding carboxylic acids is 3. The number of aliphatic carboxylic acids is 1. The van der Waals surface area contributed by atoms with Gasteiger partial charge in [0, 0.05) is 12.8 Å². The number of rotatable bonds is 13. The lowest BCUT2D eigenvalue weighted by molar-refractivity contribution is -0.209. The van der Waals surface area contributed by atoms with Gasteiger partial charge in [0.2, 0.25) is 11.8 Å². The van der Waals surface area contributed by atoms with Gasteiger partial charge in [0.05, 0.1) is 30.5 Å². The molecular formula is C52H84N2O11. The van der Waals surface area contributed by atoms with E-state index in [0.717, 1.165) is 57.8 Å². The Kier molecular flexibility index (Phi) is 14.0. The standard InChI is InChI=1S/C52H84N2O11/c1-27(7-13-43(60)53-25-45(62)63)33-10-12-36-48-38(24-42(59)52(33,36)6)50(4)18-16-32(20-30(50)22-40(48)57)65-46(64)26-54-44(61)14-8-28(2)34-9-11-35-47-37(23-41(58)51(34,35)5)49(3)17-15-31(55)19-29(49)21-39(47)56/h27-42,47-48,55-59H,7-26H2,1-6H3,(H,53,60)(H,54,61)(H,62,63)/t27-,28-,29+,30+,31-,32-,33-,34-,35+,36-,37+,38+,39-,40-,41+,42+,47+,48+,49+,50+,51-,52-/m1/s1. The highest BCUT2D eigenvalue weighted by Gasteiger charge is 2.67. The van der Waals surface area contributed by atoms with E-state index >= 15 is 0 Å². The van der Waals surface area contributed by atoms with Gasteiger partial charge in [0.1, 0.15) is 19.2 Å². The van der Waals surface area contributed by atoms with Crippen LogP contribution in [-0.4, -0.2) is 104 Å². The molecule has 13 nitrogen and oxygen atoms in total. The van der Waals surface area contributed by atoms with Crippen LogP contribution < -0.4 is 10.6 Å². The largest absolute Gasteiger partial charge is 0.480 e. The van der Waals surface area contributed by atoms with Crippen LogP contribution in [0.5, 0.6) is 0 Å². The van der Waals surface area contributed by atoms with Gasteiger partial charge in [-0.2, -0.15) is 0 Å². The molecule has 0 bridgehead atoms. The van der Waals surface area contributed by atoms with Gasteiger partial charge in [-0.1, -0.05) is 41.5 Å². The summed E-state index contributed by atoms with van der Waals surface area (Å²) in [6.07, 6.45) is 10.2. The fraction of sp³-hybridized carbons (Fsp3) is 0.923. The zero-order valence-electron chi connectivity index (χ0n) is 40.3. The molecule has 0 aliphatic heterocycles. The van der Waals surface area contributed by atoms with Crippen LogP contribution in [0.2, 0.25) is 0 Å². The summed E-state index contributed by atoms with van der Waals surface area (Å²) in [5.41, 5.74) is -0.818. The van der Waals surface area contributed by atoms with Gasteiger partial charge in [-0.05, 0) is 195 Å². The van der Waals surface area contributed by atoms with Crippen molar-refractivity contribution in [1.29, 1.82) is 0 Å². The van der Waals surface area contributed by atoms with E-state index in [1.807, 2.05) is 0 Å². The average molecular weight is 913 g/mol. The summed E-state index contributed by atoms with van der Waals surface area (Å²) in [6, 6.07) is 0. The predicted molar refractivity (Wildman–Crippen MR) is 242 cm³/mol. The first-order chi connectivity index (χ1) is 30.6. The molecule has 0 saturated heterocycles. The van der Waals surface area contributed by atoms with E-state index in [-0.39, 0.29) is 136 Å². The van der Waals surface area contributed by atoms with Crippen molar-refractivity contribution < 1.29 is 54.6 Å². The van der Waals surface area contributed by atoms with Gasteiger partial charge in [-0.3, -0.25) is 19.2 Å². The third-order valence-corrected chi connectivity index (χ3v) is 21.8. The van der Waals surface area contributed by atoms with Gasteiger partial charge in [0.15, 0.2) is 0 Å². The van der Waals surface area contributed by atoms with Crippen LogP contribution in [0.1, 0.15) is 157 Å². The highest BCUT2D eigenvalue weighted by atomic mass is 16.5. The van der Waals surface area contributed by atoms with Crippen LogP contribution in [0.4, 0.5) is 0 Å². The number of hydrogen-bond acceptors (Lipinski definition) is 10. The van der Waals surface area contributed by atoms with Crippen molar-refractivity contribution in [2.24, 2.45) is 92.7 Å². The lowest BCUT2D eigenvalue weighted by Gasteiger charge is -2.63. The predicted octanol–water partition coefficient (Wildman–Crippen LogP) is 5.61. The maximum Gasteiger partial charge on any atom is 0.325 e. The third-order valence-electron chi connectivity index (χ3n) is 21.8. The number of fused-ring (bicyclic) bond motifs is 10. The second-order valence-electron chi connectivity index (χ2n) is 24.5. The maximum absolute atomic E-state index is 13.2. The van der Waals surface area contributed by atoms with Gasteiger partial charge < -0.3 is 46.0 Å². The molecule has 65 heavy (non-hydrogen) atoms. The first-order valence-corrected chi connectivity index (χ1v) is 26.0. The molecule has 8 aliphatic carbocycles. The Hall–Kier alpha value is -2.32. The number of esters is 1. The number of aliphatic hydroxyl groups is 5. The van der Waals surface area contributed by atoms with E-state index in [1.165, 1.54) is 0 Å². The Labute approximate surface area is 387 Å². The van der Waals surface area contributed by atoms with Crippen molar-refractivity contribution in [1.82, 2.24) is 10.6 Å². The molecule has 22 atom stereocenters. The first kappa shape index (κ1) is 49.1. The first-order valence-electron chi connectivity index (χ1n) is 26.0. The zero-order chi connectivity index (χ0) is 47.0. The summed E-state index contributed by atoms with van der Waals surface area (Å²) in [7, 11) is 0. The molecule has 0 heterocycles. The number of ether oxygens (including phenoxy) is 1. The Morgan fingerprint density at radius 1 is 0.585 bits per heavy atom. The second kappa shape index (κ2) is 18.5. The van der Waals surface area contributed by atoms with E-state index < -0.39 is 42.9 Å². The topological polar surface area (TPSA) is 223 Å². The summed E-state index contributed by atoms with van der Waals surface area (Å²) in [6.45, 7) is 12.8. The molecule has 8 aliphatic rings. The number of hydrogen-bond donors (Lipinski definition) is 8. The zero-order valence-corrected chi connectivity index (χ0v) is 40.3. The Morgan fingerprint density at radius 3 is 1.54 bits per heavy atom. The van der Waals surface area contributed by atoms with Crippen molar-refractivity contribution in [3.05, 3.63) is 0 Å². The molecule has 0 unspecified atom stereocenters. The van der Waals surface area contributed by atoms with E-state index in [4.69, 9.17) is 9.84 Å². The number of carboxylic acid groups (broad SMARTS) is 1. The van der Waals surface area contributed by atoms with Gasteiger partial charge >= 0.3 is 11.9 Å². The van der Waals surface area contributed by atoms with Gasteiger partial charge in [-0.15, -0.1) is 0 Å². The minimum absolute atomic E-state index is 0.0240. The second-order valence-corrected chi connectivity index (χ2v) is 24.5. The molecule has 8 rings (SSSR count). The van der Waals surface area contributed by atoms with E-state index in [9.17, 15) is 44.7 Å². The Bertz CT molecular complexity index is 1780. The fourth-order valence-corrected chi connectivity index (χ4v) is 18.2. The van der Waals surface area contributed by atoms with Crippen LogP contribution in [0.15, 0.2) is 0 Å². The number of amides is 2. The van der Waals surface area contributed by atoms with Crippen molar-refractivity contribution >= 4 is 23.8 Å². The fourth-order valence-electron chi connectivity index (χ4n) is 18.2. The summed E-state index contributed by atoms with van der Waals surface area (Å²) >= 11 is 0. The minimum Gasteiger partial charge on any atom is -0.480 e. The third kappa shape index (κ3) is 8.62. The molecule has 8 N–H and O–H groups in total. The van der Waals surface area contributed by atoms with Crippen LogP contribution in [0.25, 0.3) is 0 Å². The molecule has 0 aromatic rings. The monoisotopic (exact) mass is 913 g/mol. The molecule has 0 aromatic carbocycles. The lowest BCUT2D eigenvalue weighted by Crippen LogP contribution is -2.62. The molecule has 0 radical (unpaired) electrons. The molecule has 8 fully saturated rings. The SMILES string of the molecule is C[C@H](CCC(=O)NCC(=O)O)[C@H]1CC[C@@H]2[C@@H]3[C@H](O)C[C@@H]4C[C@H](OC(=O)CNC(=O)CC[C@@H](C)[C@H]5CC[C@H]6[C@@H]7[C@H](O)C[C@@H]8C[C@H](O)CC[C@]8(C)[C@H]7C[C@H](O)[C@]56C)CC[C@]4(C)[C@H]3C[C@H](O)[C@@]21C. The summed E-state index contributed by atoms with van der Waals surface area (Å²) in [5, 5.41) is 72.2. The Balaban J connectivity index is 0.799. The Morgan fingerprint density at radius 2 is 1.05 bits per heavy atom. The minimum atomic E-state index is -1.07. The molecule has 2 amide bonds. The van der Waals surface area contributed by atoms with Crippen molar-refractivity contribution in [3.63, 3.8) is 0 Å². The van der Waals surface area contributed by atoms with E-state index in [0.29, 0.717) is 44.9 Å². The summed E-state index contributed by atoms with van der Waals surface area (Å²) < 4.78 is 6.01. The van der Waals surface area contributed by atoms with Crippen LogP contribution in [0.3, 0.4) is 0 Å². The molecule has 8 saturated carbocycles. The number of carbonyl (C=O) groups is 4. The van der Waals surface area contributed by atoms with Crippen LogP contribution >= 0.6 is 0 Å². The van der Waals surface area contributed by atoms with E-state index in [1.54, 1.807) is 0 Å². The van der Waals surface area contributed by atoms with Gasteiger partial charge in [0.25, 0.3) is 0 Å². The lowest BCUT2D eigenvalue weighted by atomic mass is 9.43. The molecule has 0 spiro atoms. The molecule has 0 aromatic heterocycles. The molecular weight excluding hydrogens is 829 g/mol. The molecule has 13 heteroatoms. The number of aliphatic hydroxyl groups excluding tert-OH is 5. The average Bonchev–Trinajstić information content (AvgIpc) is 3.80. The van der Waals surface area contributed by atoms with Crippen LogP contribution in [0, 0.1) is 92.7 Å². The van der Waals surface area contributed by atoms with Crippen molar-refractivity contribution in [3.8, 4) is 0 Å². The van der Waals surface area contributed by atoms with E-state index in [2.05, 4.69) is 52.2 Å².